The van der Waals surface area contributed by atoms with Crippen molar-refractivity contribution >= 4 is 35.0 Å². The predicted octanol–water partition coefficient (Wildman–Crippen LogP) is 4.20. The summed E-state index contributed by atoms with van der Waals surface area (Å²) in [4.78, 5) is 16.1. The van der Waals surface area contributed by atoms with Crippen molar-refractivity contribution in [3.63, 3.8) is 0 Å². The lowest BCUT2D eigenvalue weighted by Gasteiger charge is -2.09. The van der Waals surface area contributed by atoms with Gasteiger partial charge in [-0.15, -0.1) is 12.6 Å². The first-order chi connectivity index (χ1) is 9.10. The van der Waals surface area contributed by atoms with Crippen LogP contribution in [0.2, 0.25) is 0 Å². The van der Waals surface area contributed by atoms with Gasteiger partial charge in [0.05, 0.1) is 10.4 Å². The number of thiazole rings is 1. The summed E-state index contributed by atoms with van der Waals surface area (Å²) in [7, 11) is 0. The number of hydrogen-bond acceptors (Lipinski definition) is 4. The number of rotatable bonds is 4. The Balaban J connectivity index is 2.07. The van der Waals surface area contributed by atoms with Crippen LogP contribution in [0, 0.1) is 0 Å². The molecule has 2 aromatic rings. The summed E-state index contributed by atoms with van der Waals surface area (Å²) in [6.45, 7) is 4.33. The zero-order valence-electron chi connectivity index (χ0n) is 10.9. The SMILES string of the molecule is CCC(C)c1ccc(C(=O)Nc2ncc(S)s2)cc1. The zero-order valence-corrected chi connectivity index (χ0v) is 12.6. The van der Waals surface area contributed by atoms with Crippen LogP contribution in [0.1, 0.15) is 42.1 Å². The Hall–Kier alpha value is -1.33. The van der Waals surface area contributed by atoms with Gasteiger partial charge in [0.1, 0.15) is 0 Å². The Morgan fingerprint density at radius 1 is 1.42 bits per heavy atom. The summed E-state index contributed by atoms with van der Waals surface area (Å²) in [5.74, 6) is 0.376. The lowest BCUT2D eigenvalue weighted by atomic mass is 9.97. The summed E-state index contributed by atoms with van der Waals surface area (Å²) in [6.07, 6.45) is 2.71. The highest BCUT2D eigenvalue weighted by Gasteiger charge is 2.09. The van der Waals surface area contributed by atoms with Gasteiger partial charge < -0.3 is 0 Å². The van der Waals surface area contributed by atoms with Gasteiger partial charge in [0.2, 0.25) is 0 Å². The minimum atomic E-state index is -0.140. The number of aromatic nitrogens is 1. The number of nitrogens with zero attached hydrogens (tertiary/aromatic N) is 1. The molecule has 0 radical (unpaired) electrons. The van der Waals surface area contributed by atoms with E-state index in [-0.39, 0.29) is 5.91 Å². The van der Waals surface area contributed by atoms with E-state index in [2.05, 4.69) is 36.8 Å². The first-order valence-electron chi connectivity index (χ1n) is 6.16. The van der Waals surface area contributed by atoms with Crippen molar-refractivity contribution in [2.75, 3.05) is 5.32 Å². The molecule has 19 heavy (non-hydrogen) atoms. The van der Waals surface area contributed by atoms with Crippen molar-refractivity contribution in [3.8, 4) is 0 Å². The number of amides is 1. The lowest BCUT2D eigenvalue weighted by Crippen LogP contribution is -2.11. The molecule has 0 spiro atoms. The third-order valence-corrected chi connectivity index (χ3v) is 4.17. The van der Waals surface area contributed by atoms with Crippen LogP contribution in [0.25, 0.3) is 0 Å². The van der Waals surface area contributed by atoms with Crippen molar-refractivity contribution in [3.05, 3.63) is 41.6 Å². The molecule has 1 unspecified atom stereocenters. The minimum absolute atomic E-state index is 0.140. The Morgan fingerprint density at radius 3 is 2.63 bits per heavy atom. The van der Waals surface area contributed by atoms with Crippen molar-refractivity contribution in [2.24, 2.45) is 0 Å². The molecule has 0 saturated carbocycles. The number of thiol groups is 1. The van der Waals surface area contributed by atoms with E-state index in [4.69, 9.17) is 0 Å². The van der Waals surface area contributed by atoms with E-state index in [0.29, 0.717) is 16.6 Å². The summed E-state index contributed by atoms with van der Waals surface area (Å²) < 4.78 is 0.780. The van der Waals surface area contributed by atoms with Gasteiger partial charge in [-0.2, -0.15) is 0 Å². The highest BCUT2D eigenvalue weighted by Crippen LogP contribution is 2.22. The van der Waals surface area contributed by atoms with Crippen LogP contribution in [0.3, 0.4) is 0 Å². The molecule has 1 amide bonds. The third kappa shape index (κ3) is 3.58. The van der Waals surface area contributed by atoms with Crippen molar-refractivity contribution in [1.29, 1.82) is 0 Å². The molecule has 1 heterocycles. The molecule has 0 aliphatic heterocycles. The van der Waals surface area contributed by atoms with E-state index in [0.717, 1.165) is 10.6 Å². The van der Waals surface area contributed by atoms with Gasteiger partial charge in [-0.05, 0) is 30.0 Å². The molecule has 1 aromatic heterocycles. The fourth-order valence-corrected chi connectivity index (χ4v) is 2.56. The lowest BCUT2D eigenvalue weighted by molar-refractivity contribution is 0.102. The molecule has 1 N–H and O–H groups in total. The molecule has 0 bridgehead atoms. The molecule has 2 rings (SSSR count). The minimum Gasteiger partial charge on any atom is -0.298 e. The molecule has 5 heteroatoms. The molecule has 0 aliphatic carbocycles. The van der Waals surface area contributed by atoms with Gasteiger partial charge in [0.25, 0.3) is 5.91 Å². The van der Waals surface area contributed by atoms with Gasteiger partial charge in [-0.25, -0.2) is 4.98 Å². The Kier molecular flexibility index (Phi) is 4.61. The van der Waals surface area contributed by atoms with E-state index >= 15 is 0 Å². The third-order valence-electron chi connectivity index (χ3n) is 3.07. The highest BCUT2D eigenvalue weighted by atomic mass is 32.2. The number of nitrogens with one attached hydrogen (secondary N) is 1. The number of hydrogen-bond donors (Lipinski definition) is 2. The molecule has 1 aromatic carbocycles. The molecule has 0 saturated heterocycles. The first kappa shape index (κ1) is 14.1. The van der Waals surface area contributed by atoms with Crippen LogP contribution in [0.4, 0.5) is 5.13 Å². The van der Waals surface area contributed by atoms with E-state index < -0.39 is 0 Å². The van der Waals surface area contributed by atoms with Gasteiger partial charge >= 0.3 is 0 Å². The standard InChI is InChI=1S/C14H16N2OS2/c1-3-9(2)10-4-6-11(7-5-10)13(17)16-14-15-8-12(18)19-14/h4-9,18H,3H2,1-2H3,(H,15,16,17). The summed E-state index contributed by atoms with van der Waals surface area (Å²) in [5, 5.41) is 3.33. The Morgan fingerprint density at radius 2 is 2.11 bits per heavy atom. The van der Waals surface area contributed by atoms with E-state index in [1.807, 2.05) is 24.3 Å². The number of carbonyl (C=O) groups excluding carboxylic acids is 1. The largest absolute Gasteiger partial charge is 0.298 e. The maximum Gasteiger partial charge on any atom is 0.257 e. The van der Waals surface area contributed by atoms with Crippen LogP contribution in [0.15, 0.2) is 34.7 Å². The Labute approximate surface area is 122 Å². The van der Waals surface area contributed by atoms with Gasteiger partial charge in [0, 0.05) is 5.56 Å². The molecule has 3 nitrogen and oxygen atoms in total. The molecule has 0 aliphatic rings. The fraction of sp³-hybridized carbons (Fsp3) is 0.286. The van der Waals surface area contributed by atoms with E-state index in [9.17, 15) is 4.79 Å². The maximum absolute atomic E-state index is 12.0. The summed E-state index contributed by atoms with van der Waals surface area (Å²) >= 11 is 5.51. The summed E-state index contributed by atoms with van der Waals surface area (Å²) in [5.41, 5.74) is 1.90. The second-order valence-electron chi connectivity index (χ2n) is 4.39. The quantitative estimate of drug-likeness (QED) is 0.829. The number of anilines is 1. The average Bonchev–Trinajstić information content (AvgIpc) is 2.83. The second-order valence-corrected chi connectivity index (χ2v) is 6.20. The average molecular weight is 292 g/mol. The van der Waals surface area contributed by atoms with E-state index in [1.54, 1.807) is 6.20 Å². The number of benzene rings is 1. The molecule has 100 valence electrons. The van der Waals surface area contributed by atoms with E-state index in [1.165, 1.54) is 16.9 Å². The van der Waals surface area contributed by atoms with Crippen molar-refractivity contribution in [1.82, 2.24) is 4.98 Å². The summed E-state index contributed by atoms with van der Waals surface area (Å²) in [6, 6.07) is 7.72. The van der Waals surface area contributed by atoms with Gasteiger partial charge in [0.15, 0.2) is 5.13 Å². The fourth-order valence-electron chi connectivity index (χ4n) is 1.69. The molecular weight excluding hydrogens is 276 g/mol. The van der Waals surface area contributed by atoms with Crippen LogP contribution in [-0.2, 0) is 0 Å². The van der Waals surface area contributed by atoms with Crippen molar-refractivity contribution < 1.29 is 4.79 Å². The van der Waals surface area contributed by atoms with Crippen LogP contribution >= 0.6 is 24.0 Å². The van der Waals surface area contributed by atoms with Crippen LogP contribution in [0.5, 0.6) is 0 Å². The van der Waals surface area contributed by atoms with Crippen LogP contribution in [-0.4, -0.2) is 10.9 Å². The Bertz CT molecular complexity index is 563. The topological polar surface area (TPSA) is 42.0 Å². The van der Waals surface area contributed by atoms with Gasteiger partial charge in [-0.3, -0.25) is 10.1 Å². The second kappa shape index (κ2) is 6.21. The van der Waals surface area contributed by atoms with Gasteiger partial charge in [-0.1, -0.05) is 37.3 Å². The first-order valence-corrected chi connectivity index (χ1v) is 7.42. The van der Waals surface area contributed by atoms with Crippen LogP contribution < -0.4 is 5.32 Å². The predicted molar refractivity (Wildman–Crippen MR) is 82.5 cm³/mol. The normalized spacial score (nSPS) is 12.2. The highest BCUT2D eigenvalue weighted by molar-refractivity contribution is 7.83. The maximum atomic E-state index is 12.0. The monoisotopic (exact) mass is 292 g/mol. The molecule has 1 atom stereocenters. The zero-order chi connectivity index (χ0) is 13.8. The molecular formula is C14H16N2OS2. The smallest absolute Gasteiger partial charge is 0.257 e. The molecule has 0 fully saturated rings. The number of carbonyl (C=O) groups is 1. The van der Waals surface area contributed by atoms with Crippen molar-refractivity contribution in [2.45, 2.75) is 30.4 Å².